The molecule has 1 saturated heterocycles. The Hall–Kier alpha value is -0.870. The Morgan fingerprint density at radius 3 is 3.00 bits per heavy atom. The van der Waals surface area contributed by atoms with Gasteiger partial charge in [-0.25, -0.2) is 0 Å². The van der Waals surface area contributed by atoms with E-state index in [9.17, 15) is 4.79 Å². The van der Waals surface area contributed by atoms with E-state index in [1.54, 1.807) is 11.3 Å². The van der Waals surface area contributed by atoms with E-state index >= 15 is 0 Å². The Bertz CT molecular complexity index is 331. The van der Waals surface area contributed by atoms with E-state index in [4.69, 9.17) is 0 Å². The van der Waals surface area contributed by atoms with Crippen molar-refractivity contribution >= 4 is 17.2 Å². The van der Waals surface area contributed by atoms with Gasteiger partial charge in [-0.05, 0) is 49.7 Å². The van der Waals surface area contributed by atoms with Gasteiger partial charge in [-0.2, -0.15) is 0 Å². The van der Waals surface area contributed by atoms with Gasteiger partial charge in [0, 0.05) is 17.8 Å². The minimum Gasteiger partial charge on any atom is -0.356 e. The number of carbonyl (C=O) groups excluding carboxylic acids is 1. The Morgan fingerprint density at radius 2 is 2.29 bits per heavy atom. The van der Waals surface area contributed by atoms with Crippen LogP contribution >= 0.6 is 11.3 Å². The Morgan fingerprint density at radius 1 is 1.47 bits per heavy atom. The van der Waals surface area contributed by atoms with E-state index in [-0.39, 0.29) is 5.91 Å². The predicted molar refractivity (Wildman–Crippen MR) is 71.2 cm³/mol. The van der Waals surface area contributed by atoms with Crippen LogP contribution in [-0.4, -0.2) is 25.5 Å². The Kier molecular flexibility index (Phi) is 5.01. The second kappa shape index (κ2) is 6.77. The molecule has 0 unspecified atom stereocenters. The summed E-state index contributed by atoms with van der Waals surface area (Å²) in [6.45, 7) is 2.89. The molecular weight excluding hydrogens is 232 g/mol. The predicted octanol–water partition coefficient (Wildman–Crippen LogP) is 1.80. The van der Waals surface area contributed by atoms with E-state index in [1.165, 1.54) is 4.88 Å². The molecule has 3 nitrogen and oxygen atoms in total. The first kappa shape index (κ1) is 12.6. The van der Waals surface area contributed by atoms with E-state index in [0.29, 0.717) is 12.3 Å². The molecule has 2 rings (SSSR count). The average molecular weight is 252 g/mol. The van der Waals surface area contributed by atoms with Crippen molar-refractivity contribution in [2.24, 2.45) is 5.92 Å². The summed E-state index contributed by atoms with van der Waals surface area (Å²) in [5, 5.41) is 8.41. The third-order valence-electron chi connectivity index (χ3n) is 3.21. The number of thiophene rings is 1. The van der Waals surface area contributed by atoms with Crippen LogP contribution in [0.2, 0.25) is 0 Å². The van der Waals surface area contributed by atoms with Gasteiger partial charge < -0.3 is 10.6 Å². The standard InChI is InChI=1S/C13H20N2OS/c16-13(10-11-3-6-14-7-4-11)15-8-5-12-2-1-9-17-12/h1-2,9,11,14H,3-8,10H2,(H,15,16). The number of carbonyl (C=O) groups is 1. The summed E-state index contributed by atoms with van der Waals surface area (Å²) < 4.78 is 0. The molecule has 17 heavy (non-hydrogen) atoms. The molecule has 2 heterocycles. The first-order chi connectivity index (χ1) is 8.34. The van der Waals surface area contributed by atoms with Crippen LogP contribution in [0.4, 0.5) is 0 Å². The molecule has 0 saturated carbocycles. The molecule has 0 aliphatic carbocycles. The fourth-order valence-electron chi connectivity index (χ4n) is 2.20. The highest BCUT2D eigenvalue weighted by molar-refractivity contribution is 7.09. The molecule has 94 valence electrons. The van der Waals surface area contributed by atoms with Crippen molar-refractivity contribution in [2.75, 3.05) is 19.6 Å². The van der Waals surface area contributed by atoms with Crippen molar-refractivity contribution in [2.45, 2.75) is 25.7 Å². The van der Waals surface area contributed by atoms with Gasteiger partial charge in [0.1, 0.15) is 0 Å². The van der Waals surface area contributed by atoms with Crippen LogP contribution in [0.1, 0.15) is 24.1 Å². The normalized spacial score (nSPS) is 16.9. The highest BCUT2D eigenvalue weighted by Gasteiger charge is 2.16. The smallest absolute Gasteiger partial charge is 0.220 e. The summed E-state index contributed by atoms with van der Waals surface area (Å²) in [5.74, 6) is 0.798. The molecule has 1 fully saturated rings. The summed E-state index contributed by atoms with van der Waals surface area (Å²) in [4.78, 5) is 13.1. The largest absolute Gasteiger partial charge is 0.356 e. The number of rotatable bonds is 5. The SMILES string of the molecule is O=C(CC1CCNCC1)NCCc1cccs1. The van der Waals surface area contributed by atoms with Crippen LogP contribution in [-0.2, 0) is 11.2 Å². The first-order valence-corrected chi connectivity index (χ1v) is 7.22. The number of hydrogen-bond acceptors (Lipinski definition) is 3. The number of amides is 1. The summed E-state index contributed by atoms with van der Waals surface area (Å²) in [6, 6.07) is 4.17. The minimum atomic E-state index is 0.216. The molecule has 0 spiro atoms. The maximum Gasteiger partial charge on any atom is 0.220 e. The van der Waals surface area contributed by atoms with E-state index < -0.39 is 0 Å². The fourth-order valence-corrected chi connectivity index (χ4v) is 2.91. The highest BCUT2D eigenvalue weighted by atomic mass is 32.1. The fraction of sp³-hybridized carbons (Fsp3) is 0.615. The molecule has 0 atom stereocenters. The maximum absolute atomic E-state index is 11.7. The minimum absolute atomic E-state index is 0.216. The van der Waals surface area contributed by atoms with Crippen molar-refractivity contribution in [1.82, 2.24) is 10.6 Å². The number of piperidine rings is 1. The highest BCUT2D eigenvalue weighted by Crippen LogP contribution is 2.15. The Balaban J connectivity index is 1.60. The molecule has 2 N–H and O–H groups in total. The lowest BCUT2D eigenvalue weighted by Gasteiger charge is -2.21. The van der Waals surface area contributed by atoms with Crippen LogP contribution in [0.25, 0.3) is 0 Å². The zero-order chi connectivity index (χ0) is 11.9. The van der Waals surface area contributed by atoms with Gasteiger partial charge in [0.25, 0.3) is 0 Å². The van der Waals surface area contributed by atoms with Crippen molar-refractivity contribution in [3.8, 4) is 0 Å². The molecule has 0 radical (unpaired) electrons. The van der Waals surface area contributed by atoms with E-state index in [2.05, 4.69) is 28.1 Å². The second-order valence-corrected chi connectivity index (χ2v) is 5.61. The van der Waals surface area contributed by atoms with E-state index in [0.717, 1.165) is 38.9 Å². The zero-order valence-electron chi connectivity index (χ0n) is 10.1. The van der Waals surface area contributed by atoms with Crippen molar-refractivity contribution < 1.29 is 4.79 Å². The van der Waals surface area contributed by atoms with Crippen LogP contribution < -0.4 is 10.6 Å². The number of nitrogens with one attached hydrogen (secondary N) is 2. The van der Waals surface area contributed by atoms with Crippen LogP contribution in [0.5, 0.6) is 0 Å². The molecule has 0 aromatic carbocycles. The lowest BCUT2D eigenvalue weighted by molar-refractivity contribution is -0.122. The summed E-state index contributed by atoms with van der Waals surface area (Å²) in [5.41, 5.74) is 0. The molecule has 1 aromatic heterocycles. The molecule has 1 aromatic rings. The zero-order valence-corrected chi connectivity index (χ0v) is 10.9. The summed E-state index contributed by atoms with van der Waals surface area (Å²) in [7, 11) is 0. The topological polar surface area (TPSA) is 41.1 Å². The van der Waals surface area contributed by atoms with Crippen LogP contribution in [0.3, 0.4) is 0 Å². The van der Waals surface area contributed by atoms with Crippen molar-refractivity contribution in [3.63, 3.8) is 0 Å². The van der Waals surface area contributed by atoms with E-state index in [1.807, 2.05) is 0 Å². The van der Waals surface area contributed by atoms with Gasteiger partial charge in [0.05, 0.1) is 0 Å². The average Bonchev–Trinajstić information content (AvgIpc) is 2.83. The molecule has 1 amide bonds. The van der Waals surface area contributed by atoms with Crippen LogP contribution in [0.15, 0.2) is 17.5 Å². The number of hydrogen-bond donors (Lipinski definition) is 2. The summed E-state index contributed by atoms with van der Waals surface area (Å²) >= 11 is 1.75. The second-order valence-electron chi connectivity index (χ2n) is 4.58. The lowest BCUT2D eigenvalue weighted by Crippen LogP contribution is -2.32. The van der Waals surface area contributed by atoms with Crippen molar-refractivity contribution in [1.29, 1.82) is 0 Å². The van der Waals surface area contributed by atoms with Crippen molar-refractivity contribution in [3.05, 3.63) is 22.4 Å². The first-order valence-electron chi connectivity index (χ1n) is 6.34. The van der Waals surface area contributed by atoms with Gasteiger partial charge in [-0.15, -0.1) is 11.3 Å². The van der Waals surface area contributed by atoms with Crippen LogP contribution in [0, 0.1) is 5.92 Å². The molecule has 1 aliphatic heterocycles. The third kappa shape index (κ3) is 4.48. The monoisotopic (exact) mass is 252 g/mol. The van der Waals surface area contributed by atoms with Gasteiger partial charge >= 0.3 is 0 Å². The maximum atomic E-state index is 11.7. The quantitative estimate of drug-likeness (QED) is 0.839. The molecule has 1 aliphatic rings. The Labute approximate surface area is 107 Å². The molecular formula is C13H20N2OS. The summed E-state index contributed by atoms with van der Waals surface area (Å²) in [6.07, 6.45) is 3.93. The molecule has 0 bridgehead atoms. The van der Waals surface area contributed by atoms with Gasteiger partial charge in [0.15, 0.2) is 0 Å². The van der Waals surface area contributed by atoms with Gasteiger partial charge in [-0.3, -0.25) is 4.79 Å². The van der Waals surface area contributed by atoms with Gasteiger partial charge in [-0.1, -0.05) is 6.07 Å². The molecule has 4 heteroatoms. The van der Waals surface area contributed by atoms with Gasteiger partial charge in [0.2, 0.25) is 5.91 Å². The lowest BCUT2D eigenvalue weighted by atomic mass is 9.94. The third-order valence-corrected chi connectivity index (χ3v) is 4.14.